The van der Waals surface area contributed by atoms with Gasteiger partial charge in [0.2, 0.25) is 5.91 Å². The van der Waals surface area contributed by atoms with Crippen molar-refractivity contribution in [3.05, 3.63) is 57.0 Å². The molecule has 0 saturated carbocycles. The highest BCUT2D eigenvalue weighted by atomic mass is 32.1. The summed E-state index contributed by atoms with van der Waals surface area (Å²) < 4.78 is 27.4. The number of carbonyl (C=O) groups is 1. The summed E-state index contributed by atoms with van der Waals surface area (Å²) in [7, 11) is 0. The molecule has 5 nitrogen and oxygen atoms in total. The van der Waals surface area contributed by atoms with E-state index in [1.54, 1.807) is 0 Å². The highest BCUT2D eigenvalue weighted by Crippen LogP contribution is 2.34. The van der Waals surface area contributed by atoms with Gasteiger partial charge in [0.05, 0.1) is 11.7 Å². The van der Waals surface area contributed by atoms with E-state index in [0.717, 1.165) is 37.0 Å². The number of aromatic nitrogens is 2. The Morgan fingerprint density at radius 2 is 2.12 bits per heavy atom. The van der Waals surface area contributed by atoms with Gasteiger partial charge in [0.15, 0.2) is 11.6 Å². The smallest absolute Gasteiger partial charge is 0.262 e. The van der Waals surface area contributed by atoms with Crippen molar-refractivity contribution in [1.29, 1.82) is 0 Å². The molecule has 1 aliphatic carbocycles. The van der Waals surface area contributed by atoms with Crippen LogP contribution in [0.1, 0.15) is 16.9 Å². The Kier molecular flexibility index (Phi) is 3.84. The second-order valence-electron chi connectivity index (χ2n) is 5.89. The number of halogens is 2. The van der Waals surface area contributed by atoms with Crippen LogP contribution in [0.2, 0.25) is 0 Å². The van der Waals surface area contributed by atoms with Crippen molar-refractivity contribution in [2.45, 2.75) is 25.8 Å². The topological polar surface area (TPSA) is 64.0 Å². The standard InChI is InChI=1S/C17H13F2N3O2S/c18-11-5-4-9(6-12(11)19)21-14(23)7-22-8-20-16-15(17(22)24)10-2-1-3-13(10)25-16/h4-6,8H,1-3,7H2,(H,21,23). The number of hydrogen-bond donors (Lipinski definition) is 1. The zero-order valence-corrected chi connectivity index (χ0v) is 13.8. The molecule has 0 spiro atoms. The lowest BCUT2D eigenvalue weighted by Gasteiger charge is -2.08. The lowest BCUT2D eigenvalue weighted by Crippen LogP contribution is -2.28. The molecule has 25 heavy (non-hydrogen) atoms. The average molecular weight is 361 g/mol. The molecule has 0 atom stereocenters. The van der Waals surface area contributed by atoms with Gasteiger partial charge in [-0.3, -0.25) is 14.2 Å². The molecule has 1 aliphatic rings. The number of fused-ring (bicyclic) bond motifs is 3. The fourth-order valence-corrected chi connectivity index (χ4v) is 4.28. The van der Waals surface area contributed by atoms with E-state index < -0.39 is 17.5 Å². The van der Waals surface area contributed by atoms with Crippen LogP contribution in [-0.4, -0.2) is 15.5 Å². The summed E-state index contributed by atoms with van der Waals surface area (Å²) in [6.45, 7) is -0.245. The minimum atomic E-state index is -1.05. The lowest BCUT2D eigenvalue weighted by molar-refractivity contribution is -0.116. The average Bonchev–Trinajstić information content (AvgIpc) is 3.14. The summed E-state index contributed by atoms with van der Waals surface area (Å²) in [4.78, 5) is 31.0. The van der Waals surface area contributed by atoms with Crippen LogP contribution in [0.25, 0.3) is 10.2 Å². The summed E-state index contributed by atoms with van der Waals surface area (Å²) in [6, 6.07) is 3.08. The van der Waals surface area contributed by atoms with Gasteiger partial charge in [0.25, 0.3) is 5.56 Å². The number of amides is 1. The molecule has 0 aliphatic heterocycles. The second-order valence-corrected chi connectivity index (χ2v) is 6.98. The van der Waals surface area contributed by atoms with Crippen LogP contribution in [0.3, 0.4) is 0 Å². The van der Waals surface area contributed by atoms with E-state index in [1.807, 2.05) is 0 Å². The predicted molar refractivity (Wildman–Crippen MR) is 90.9 cm³/mol. The van der Waals surface area contributed by atoms with Gasteiger partial charge in [-0.1, -0.05) is 0 Å². The van der Waals surface area contributed by atoms with Gasteiger partial charge in [-0.05, 0) is 37.0 Å². The minimum Gasteiger partial charge on any atom is -0.324 e. The van der Waals surface area contributed by atoms with E-state index in [4.69, 9.17) is 0 Å². The third kappa shape index (κ3) is 2.82. The Morgan fingerprint density at radius 1 is 1.28 bits per heavy atom. The number of nitrogens with one attached hydrogen (secondary N) is 1. The van der Waals surface area contributed by atoms with Crippen LogP contribution < -0.4 is 10.9 Å². The number of thiophene rings is 1. The number of aryl methyl sites for hydroxylation is 2. The maximum Gasteiger partial charge on any atom is 0.262 e. The highest BCUT2D eigenvalue weighted by molar-refractivity contribution is 7.18. The van der Waals surface area contributed by atoms with Crippen LogP contribution in [0, 0.1) is 11.6 Å². The summed E-state index contributed by atoms with van der Waals surface area (Å²) in [5, 5.41) is 3.05. The molecule has 8 heteroatoms. The second kappa shape index (κ2) is 6.03. The Bertz CT molecular complexity index is 1060. The zero-order chi connectivity index (χ0) is 17.6. The van der Waals surface area contributed by atoms with Gasteiger partial charge >= 0.3 is 0 Å². The van der Waals surface area contributed by atoms with Crippen molar-refractivity contribution >= 4 is 33.1 Å². The van der Waals surface area contributed by atoms with Crippen molar-refractivity contribution in [3.63, 3.8) is 0 Å². The molecule has 4 rings (SSSR count). The molecular formula is C17H13F2N3O2S. The fraction of sp³-hybridized carbons (Fsp3) is 0.235. The first-order valence-corrected chi connectivity index (χ1v) is 8.59. The molecule has 0 bridgehead atoms. The monoisotopic (exact) mass is 361 g/mol. The maximum atomic E-state index is 13.2. The third-order valence-corrected chi connectivity index (χ3v) is 5.41. The van der Waals surface area contributed by atoms with Gasteiger partial charge in [0, 0.05) is 16.6 Å². The number of carbonyl (C=O) groups excluding carboxylic acids is 1. The van der Waals surface area contributed by atoms with Gasteiger partial charge in [-0.15, -0.1) is 11.3 Å². The van der Waals surface area contributed by atoms with Gasteiger partial charge < -0.3 is 5.32 Å². The fourth-order valence-electron chi connectivity index (χ4n) is 3.06. The van der Waals surface area contributed by atoms with Gasteiger partial charge in [-0.2, -0.15) is 0 Å². The first-order valence-electron chi connectivity index (χ1n) is 7.77. The Labute approximate surface area is 144 Å². The van der Waals surface area contributed by atoms with E-state index in [9.17, 15) is 18.4 Å². The van der Waals surface area contributed by atoms with Crippen LogP contribution in [0.4, 0.5) is 14.5 Å². The van der Waals surface area contributed by atoms with E-state index in [2.05, 4.69) is 10.3 Å². The first kappa shape index (κ1) is 15.9. The minimum absolute atomic E-state index is 0.127. The third-order valence-electron chi connectivity index (χ3n) is 4.21. The molecule has 128 valence electrons. The number of hydrogen-bond acceptors (Lipinski definition) is 4. The SMILES string of the molecule is O=C(Cn1cnc2sc3c(c2c1=O)CCC3)Nc1ccc(F)c(F)c1. The predicted octanol–water partition coefficient (Wildman–Crippen LogP) is 2.86. The molecule has 0 saturated heterocycles. The van der Waals surface area contributed by atoms with E-state index in [-0.39, 0.29) is 17.8 Å². The lowest BCUT2D eigenvalue weighted by atomic mass is 10.2. The summed E-state index contributed by atoms with van der Waals surface area (Å²) in [5.74, 6) is -2.55. The van der Waals surface area contributed by atoms with Crippen LogP contribution in [0.15, 0.2) is 29.3 Å². The molecule has 1 amide bonds. The van der Waals surface area contributed by atoms with E-state index in [0.29, 0.717) is 10.2 Å². The Morgan fingerprint density at radius 3 is 2.92 bits per heavy atom. The Balaban J connectivity index is 1.60. The number of benzene rings is 1. The zero-order valence-electron chi connectivity index (χ0n) is 13.0. The quantitative estimate of drug-likeness (QED) is 0.780. The van der Waals surface area contributed by atoms with Crippen molar-refractivity contribution < 1.29 is 13.6 Å². The number of anilines is 1. The number of nitrogens with zero attached hydrogens (tertiary/aromatic N) is 2. The van der Waals surface area contributed by atoms with Gasteiger partial charge in [-0.25, -0.2) is 13.8 Å². The maximum absolute atomic E-state index is 13.2. The van der Waals surface area contributed by atoms with E-state index >= 15 is 0 Å². The molecule has 0 radical (unpaired) electrons. The summed E-state index contributed by atoms with van der Waals surface area (Å²) in [6.07, 6.45) is 4.20. The molecule has 0 unspecified atom stereocenters. The molecule has 2 heterocycles. The van der Waals surface area contributed by atoms with Crippen molar-refractivity contribution in [2.24, 2.45) is 0 Å². The van der Waals surface area contributed by atoms with Crippen molar-refractivity contribution in [2.75, 3.05) is 5.32 Å². The molecular weight excluding hydrogens is 348 g/mol. The first-order chi connectivity index (χ1) is 12.0. The van der Waals surface area contributed by atoms with Crippen LogP contribution >= 0.6 is 11.3 Å². The van der Waals surface area contributed by atoms with Crippen LogP contribution in [-0.2, 0) is 24.2 Å². The molecule has 3 aromatic rings. The molecule has 0 fully saturated rings. The molecule has 2 aromatic heterocycles. The largest absolute Gasteiger partial charge is 0.324 e. The highest BCUT2D eigenvalue weighted by Gasteiger charge is 2.21. The normalized spacial score (nSPS) is 13.2. The van der Waals surface area contributed by atoms with E-state index in [1.165, 1.54) is 33.2 Å². The van der Waals surface area contributed by atoms with Crippen molar-refractivity contribution in [3.8, 4) is 0 Å². The number of rotatable bonds is 3. The molecule has 1 aromatic carbocycles. The summed E-state index contributed by atoms with van der Waals surface area (Å²) in [5.41, 5.74) is 0.931. The molecule has 1 N–H and O–H groups in total. The summed E-state index contributed by atoms with van der Waals surface area (Å²) >= 11 is 1.53. The van der Waals surface area contributed by atoms with Gasteiger partial charge in [0.1, 0.15) is 11.4 Å². The van der Waals surface area contributed by atoms with Crippen LogP contribution in [0.5, 0.6) is 0 Å². The Hall–Kier alpha value is -2.61. The van der Waals surface area contributed by atoms with Crippen molar-refractivity contribution in [1.82, 2.24) is 9.55 Å².